The van der Waals surface area contributed by atoms with Crippen molar-refractivity contribution in [3.05, 3.63) is 35.2 Å². The highest BCUT2D eigenvalue weighted by Gasteiger charge is 2.26. The molecule has 0 aliphatic carbocycles. The largest absolute Gasteiger partial charge is 0.391 e. The van der Waals surface area contributed by atoms with E-state index < -0.39 is 0 Å². The molecule has 8 nitrogen and oxygen atoms in total. The number of hydrogen-bond donors (Lipinski definition) is 4. The van der Waals surface area contributed by atoms with Gasteiger partial charge in [0.25, 0.3) is 0 Å². The van der Waals surface area contributed by atoms with Crippen LogP contribution in [-0.4, -0.2) is 64.8 Å². The molecule has 28 heavy (non-hydrogen) atoms. The van der Waals surface area contributed by atoms with Crippen LogP contribution in [-0.2, 0) is 0 Å². The minimum Gasteiger partial charge on any atom is -0.391 e. The minimum atomic E-state index is -0.299. The number of nitrogens with one attached hydrogen (secondary N) is 2. The normalized spacial score (nSPS) is 19.6. The zero-order valence-corrected chi connectivity index (χ0v) is 16.2. The lowest BCUT2D eigenvalue weighted by atomic mass is 10.1. The summed E-state index contributed by atoms with van der Waals surface area (Å²) in [6.45, 7) is 6.46. The van der Waals surface area contributed by atoms with Gasteiger partial charge in [0.2, 0.25) is 0 Å². The van der Waals surface area contributed by atoms with E-state index in [-0.39, 0.29) is 12.2 Å². The van der Waals surface area contributed by atoms with E-state index >= 15 is 0 Å². The number of aromatic nitrogens is 2. The summed E-state index contributed by atoms with van der Waals surface area (Å²) in [5, 5.41) is 30.6. The van der Waals surface area contributed by atoms with Gasteiger partial charge in [0.15, 0.2) is 0 Å². The first-order chi connectivity index (χ1) is 13.4. The predicted molar refractivity (Wildman–Crippen MR) is 110 cm³/mol. The van der Waals surface area contributed by atoms with Crippen LogP contribution in [0.1, 0.15) is 23.4 Å². The first kappa shape index (κ1) is 18.6. The molecule has 0 saturated carbocycles. The Kier molecular flexibility index (Phi) is 4.91. The fraction of sp³-hybridized carbons (Fsp3) is 0.450. The molecule has 3 heterocycles. The van der Waals surface area contributed by atoms with E-state index in [4.69, 9.17) is 5.41 Å². The second-order valence-electron chi connectivity index (χ2n) is 7.60. The van der Waals surface area contributed by atoms with Crippen LogP contribution in [0.3, 0.4) is 0 Å². The summed E-state index contributed by atoms with van der Waals surface area (Å²) in [5.41, 5.74) is 3.71. The number of aryl methyl sites for hydroxylation is 2. The van der Waals surface area contributed by atoms with E-state index in [0.717, 1.165) is 41.3 Å². The fourth-order valence-electron chi connectivity index (χ4n) is 3.81. The lowest BCUT2D eigenvalue weighted by molar-refractivity contribution is 0.141. The van der Waals surface area contributed by atoms with Crippen LogP contribution in [0.2, 0.25) is 0 Å². The van der Waals surface area contributed by atoms with Crippen molar-refractivity contribution in [1.82, 2.24) is 9.97 Å². The van der Waals surface area contributed by atoms with E-state index in [1.54, 1.807) is 0 Å². The van der Waals surface area contributed by atoms with Gasteiger partial charge in [-0.3, -0.25) is 0 Å². The van der Waals surface area contributed by atoms with Crippen LogP contribution in [0.15, 0.2) is 18.2 Å². The Hall–Kier alpha value is -2.71. The number of hydrogen-bond acceptors (Lipinski definition) is 8. The molecule has 148 valence electrons. The van der Waals surface area contributed by atoms with Gasteiger partial charge in [-0.1, -0.05) is 0 Å². The Labute approximate surface area is 164 Å². The Balaban J connectivity index is 1.64. The SMILES string of the molecule is Cc1nc(Nc2cc(N3CCC(O)C3)c(C)cc2C=N)cc(N2CC(O)C2)n1. The van der Waals surface area contributed by atoms with Gasteiger partial charge >= 0.3 is 0 Å². The molecular formula is C20H26N6O2. The van der Waals surface area contributed by atoms with Gasteiger partial charge < -0.3 is 30.7 Å². The number of β-amino-alcohol motifs (C(OH)–C–C–N with tert-alkyl or cyclic N) is 2. The smallest absolute Gasteiger partial charge is 0.136 e. The van der Waals surface area contributed by atoms with Crippen molar-refractivity contribution in [3.63, 3.8) is 0 Å². The number of anilines is 4. The van der Waals surface area contributed by atoms with Gasteiger partial charge in [0, 0.05) is 49.7 Å². The standard InChI is InChI=1S/C20H26N6O2/c1-12-5-14(8-21)17(6-18(12)25-4-3-15(27)9-25)24-19-7-20(23-13(2)22-19)26-10-16(28)11-26/h5-8,15-16,21,27-28H,3-4,9-11H2,1-2H3,(H,22,23,24). The average Bonchev–Trinajstić information content (AvgIpc) is 3.05. The molecule has 4 rings (SSSR count). The van der Waals surface area contributed by atoms with E-state index in [1.807, 2.05) is 36.9 Å². The lowest BCUT2D eigenvalue weighted by Crippen LogP contribution is -2.51. The number of benzene rings is 1. The number of rotatable bonds is 5. The number of aliphatic hydroxyl groups is 2. The minimum absolute atomic E-state index is 0.294. The summed E-state index contributed by atoms with van der Waals surface area (Å²) in [6, 6.07) is 5.88. The molecule has 2 fully saturated rings. The third-order valence-corrected chi connectivity index (χ3v) is 5.30. The Bertz CT molecular complexity index is 897. The van der Waals surface area contributed by atoms with Gasteiger partial charge in [-0.25, -0.2) is 9.97 Å². The molecule has 0 radical (unpaired) electrons. The van der Waals surface area contributed by atoms with Crippen LogP contribution in [0.5, 0.6) is 0 Å². The second-order valence-corrected chi connectivity index (χ2v) is 7.60. The van der Waals surface area contributed by atoms with Crippen LogP contribution in [0.4, 0.5) is 23.0 Å². The average molecular weight is 382 g/mol. The number of nitrogens with zero attached hydrogens (tertiary/aromatic N) is 4. The van der Waals surface area contributed by atoms with Gasteiger partial charge in [-0.05, 0) is 38.0 Å². The van der Waals surface area contributed by atoms with Gasteiger partial charge in [0.05, 0.1) is 17.9 Å². The van der Waals surface area contributed by atoms with Crippen LogP contribution in [0.25, 0.3) is 0 Å². The first-order valence-electron chi connectivity index (χ1n) is 9.57. The molecule has 1 aromatic heterocycles. The molecule has 1 aromatic carbocycles. The topological polar surface area (TPSA) is 109 Å². The molecule has 0 spiro atoms. The zero-order valence-electron chi connectivity index (χ0n) is 16.2. The Morgan fingerprint density at radius 2 is 1.82 bits per heavy atom. The van der Waals surface area contributed by atoms with Crippen molar-refractivity contribution < 1.29 is 10.2 Å². The van der Waals surface area contributed by atoms with Crippen molar-refractivity contribution in [2.24, 2.45) is 0 Å². The molecule has 2 saturated heterocycles. The van der Waals surface area contributed by atoms with Crippen LogP contribution in [0, 0.1) is 19.3 Å². The summed E-state index contributed by atoms with van der Waals surface area (Å²) in [4.78, 5) is 13.1. The number of aliphatic hydroxyl groups excluding tert-OH is 2. The molecule has 0 amide bonds. The monoisotopic (exact) mass is 382 g/mol. The lowest BCUT2D eigenvalue weighted by Gasteiger charge is -2.37. The predicted octanol–water partition coefficient (Wildman–Crippen LogP) is 1.59. The summed E-state index contributed by atoms with van der Waals surface area (Å²) in [6.07, 6.45) is 1.51. The second kappa shape index (κ2) is 7.37. The maximum atomic E-state index is 9.88. The highest BCUT2D eigenvalue weighted by molar-refractivity contribution is 5.89. The van der Waals surface area contributed by atoms with Gasteiger partial charge in [-0.2, -0.15) is 0 Å². The van der Waals surface area contributed by atoms with E-state index in [9.17, 15) is 10.2 Å². The van der Waals surface area contributed by atoms with Gasteiger partial charge in [-0.15, -0.1) is 0 Å². The Morgan fingerprint density at radius 3 is 2.46 bits per heavy atom. The molecule has 4 N–H and O–H groups in total. The van der Waals surface area contributed by atoms with Crippen LogP contribution >= 0.6 is 0 Å². The van der Waals surface area contributed by atoms with Crippen LogP contribution < -0.4 is 15.1 Å². The van der Waals surface area contributed by atoms with Crippen molar-refractivity contribution in [2.75, 3.05) is 41.3 Å². The van der Waals surface area contributed by atoms with E-state index in [0.29, 0.717) is 31.3 Å². The third kappa shape index (κ3) is 3.65. The van der Waals surface area contributed by atoms with Crippen molar-refractivity contribution in [2.45, 2.75) is 32.5 Å². The third-order valence-electron chi connectivity index (χ3n) is 5.30. The maximum Gasteiger partial charge on any atom is 0.136 e. The molecule has 8 heteroatoms. The zero-order chi connectivity index (χ0) is 19.8. The molecular weight excluding hydrogens is 356 g/mol. The van der Waals surface area contributed by atoms with Crippen molar-refractivity contribution in [1.29, 1.82) is 5.41 Å². The highest BCUT2D eigenvalue weighted by Crippen LogP contribution is 2.32. The maximum absolute atomic E-state index is 9.88. The molecule has 2 aromatic rings. The highest BCUT2D eigenvalue weighted by atomic mass is 16.3. The molecule has 1 atom stereocenters. The van der Waals surface area contributed by atoms with Crippen molar-refractivity contribution in [3.8, 4) is 0 Å². The molecule has 2 aliphatic heterocycles. The molecule has 1 unspecified atom stereocenters. The van der Waals surface area contributed by atoms with Gasteiger partial charge in [0.1, 0.15) is 17.5 Å². The molecule has 2 aliphatic rings. The summed E-state index contributed by atoms with van der Waals surface area (Å²) >= 11 is 0. The quantitative estimate of drug-likeness (QED) is 0.582. The summed E-state index contributed by atoms with van der Waals surface area (Å²) < 4.78 is 0. The molecule has 0 bridgehead atoms. The first-order valence-corrected chi connectivity index (χ1v) is 9.57. The Morgan fingerprint density at radius 1 is 1.07 bits per heavy atom. The summed E-state index contributed by atoms with van der Waals surface area (Å²) in [7, 11) is 0. The fourth-order valence-corrected chi connectivity index (χ4v) is 3.81. The van der Waals surface area contributed by atoms with E-state index in [2.05, 4.69) is 20.2 Å². The summed E-state index contributed by atoms with van der Waals surface area (Å²) in [5.74, 6) is 2.09. The van der Waals surface area contributed by atoms with E-state index in [1.165, 1.54) is 6.21 Å². The van der Waals surface area contributed by atoms with Crippen molar-refractivity contribution >= 4 is 29.2 Å².